The minimum absolute atomic E-state index is 0.757. The zero-order valence-electron chi connectivity index (χ0n) is 20.3. The Morgan fingerprint density at radius 2 is 1.64 bits per heavy atom. The maximum atomic E-state index is 5.59. The number of hydrogen-bond acceptors (Lipinski definition) is 6. The standard InChI is InChI=1S/C29H29BrN4OS/c1-35-27-14-13-24(30)20-23(27)21-36-29-28(31-25-11-5-6-12-26(25)32-29)34-18-16-33(17-19-34)15-7-10-22-8-3-2-4-9-22/h2-14,20H,15-19,21H2,1H3. The third-order valence-electron chi connectivity index (χ3n) is 6.27. The summed E-state index contributed by atoms with van der Waals surface area (Å²) in [7, 11) is 1.72. The molecular formula is C29H29BrN4OS. The summed E-state index contributed by atoms with van der Waals surface area (Å²) in [4.78, 5) is 15.0. The first-order valence-corrected chi connectivity index (χ1v) is 13.9. The van der Waals surface area contributed by atoms with Gasteiger partial charge in [0, 0.05) is 48.5 Å². The summed E-state index contributed by atoms with van der Waals surface area (Å²) in [6.45, 7) is 4.81. The van der Waals surface area contributed by atoms with Crippen molar-refractivity contribution in [2.45, 2.75) is 10.8 Å². The van der Waals surface area contributed by atoms with Crippen molar-refractivity contribution in [1.29, 1.82) is 0 Å². The Bertz CT molecular complexity index is 1340. The number of halogens is 1. The van der Waals surface area contributed by atoms with Gasteiger partial charge in [-0.2, -0.15) is 0 Å². The van der Waals surface area contributed by atoms with Gasteiger partial charge in [-0.05, 0) is 35.9 Å². The molecule has 0 unspecified atom stereocenters. The molecule has 0 amide bonds. The number of fused-ring (bicyclic) bond motifs is 1. The zero-order valence-corrected chi connectivity index (χ0v) is 22.7. The molecule has 3 aromatic carbocycles. The fraction of sp³-hybridized carbons (Fsp3) is 0.241. The Morgan fingerprint density at radius 1 is 0.917 bits per heavy atom. The van der Waals surface area contributed by atoms with E-state index in [1.165, 1.54) is 5.56 Å². The summed E-state index contributed by atoms with van der Waals surface area (Å²) >= 11 is 5.31. The minimum Gasteiger partial charge on any atom is -0.496 e. The van der Waals surface area contributed by atoms with Crippen LogP contribution in [0.25, 0.3) is 17.1 Å². The number of piperazine rings is 1. The number of thioether (sulfide) groups is 1. The Labute approximate surface area is 225 Å². The molecule has 5 rings (SSSR count). The van der Waals surface area contributed by atoms with E-state index in [4.69, 9.17) is 14.7 Å². The van der Waals surface area contributed by atoms with Crippen molar-refractivity contribution in [3.8, 4) is 5.75 Å². The molecule has 1 saturated heterocycles. The van der Waals surface area contributed by atoms with Crippen molar-refractivity contribution in [3.05, 3.63) is 94.5 Å². The molecule has 36 heavy (non-hydrogen) atoms. The van der Waals surface area contributed by atoms with Crippen molar-refractivity contribution in [3.63, 3.8) is 0 Å². The van der Waals surface area contributed by atoms with Crippen LogP contribution in [0.15, 0.2) is 88.4 Å². The highest BCUT2D eigenvalue weighted by atomic mass is 79.9. The number of rotatable bonds is 8. The number of hydrogen-bond donors (Lipinski definition) is 0. The normalized spacial score (nSPS) is 14.6. The van der Waals surface area contributed by atoms with E-state index in [0.29, 0.717) is 0 Å². The molecule has 1 fully saturated rings. The molecule has 0 saturated carbocycles. The van der Waals surface area contributed by atoms with E-state index >= 15 is 0 Å². The highest BCUT2D eigenvalue weighted by Crippen LogP contribution is 2.34. The maximum Gasteiger partial charge on any atom is 0.162 e. The fourth-order valence-corrected chi connectivity index (χ4v) is 5.72. The van der Waals surface area contributed by atoms with E-state index < -0.39 is 0 Å². The van der Waals surface area contributed by atoms with Gasteiger partial charge in [-0.25, -0.2) is 9.97 Å². The Hall–Kier alpha value is -2.87. The fourth-order valence-electron chi connectivity index (χ4n) is 4.33. The molecule has 1 aliphatic rings. The van der Waals surface area contributed by atoms with Gasteiger partial charge in [-0.1, -0.05) is 82.3 Å². The van der Waals surface area contributed by atoms with Crippen LogP contribution in [0.3, 0.4) is 0 Å². The van der Waals surface area contributed by atoms with Gasteiger partial charge in [0.2, 0.25) is 0 Å². The molecular weight excluding hydrogens is 532 g/mol. The molecule has 0 aliphatic carbocycles. The SMILES string of the molecule is COc1ccc(Br)cc1CSc1nc2ccccc2nc1N1CCN(CC=Cc2ccccc2)CC1. The number of ether oxygens (including phenoxy) is 1. The number of nitrogens with zero attached hydrogens (tertiary/aromatic N) is 4. The molecule has 1 aliphatic heterocycles. The van der Waals surface area contributed by atoms with E-state index in [-0.39, 0.29) is 0 Å². The van der Waals surface area contributed by atoms with E-state index in [0.717, 1.165) is 76.1 Å². The van der Waals surface area contributed by atoms with Gasteiger partial charge in [0.1, 0.15) is 10.8 Å². The van der Waals surface area contributed by atoms with Crippen molar-refractivity contribution in [1.82, 2.24) is 14.9 Å². The highest BCUT2D eigenvalue weighted by Gasteiger charge is 2.22. The minimum atomic E-state index is 0.757. The number of benzene rings is 3. The Morgan fingerprint density at radius 3 is 2.39 bits per heavy atom. The zero-order chi connectivity index (χ0) is 24.7. The molecule has 1 aromatic heterocycles. The van der Waals surface area contributed by atoms with Crippen LogP contribution in [0.2, 0.25) is 0 Å². The molecule has 4 aromatic rings. The number of para-hydroxylation sites is 2. The quantitative estimate of drug-likeness (QED) is 0.228. The van der Waals surface area contributed by atoms with E-state index in [9.17, 15) is 0 Å². The summed E-state index contributed by atoms with van der Waals surface area (Å²) in [6, 6.07) is 24.7. The topological polar surface area (TPSA) is 41.5 Å². The van der Waals surface area contributed by atoms with E-state index in [1.54, 1.807) is 18.9 Å². The number of anilines is 1. The summed E-state index contributed by atoms with van der Waals surface area (Å²) in [5, 5.41) is 0.966. The van der Waals surface area contributed by atoms with Gasteiger partial charge in [-0.15, -0.1) is 0 Å². The van der Waals surface area contributed by atoms with Crippen LogP contribution in [0.5, 0.6) is 5.75 Å². The molecule has 7 heteroatoms. The highest BCUT2D eigenvalue weighted by molar-refractivity contribution is 9.10. The first-order chi connectivity index (χ1) is 17.7. The molecule has 0 radical (unpaired) electrons. The lowest BCUT2D eigenvalue weighted by Gasteiger charge is -2.35. The van der Waals surface area contributed by atoms with Crippen LogP contribution >= 0.6 is 27.7 Å². The third kappa shape index (κ3) is 6.09. The molecule has 2 heterocycles. The first-order valence-electron chi connectivity index (χ1n) is 12.1. The summed E-state index contributed by atoms with van der Waals surface area (Å²) < 4.78 is 6.63. The second kappa shape index (κ2) is 11.9. The molecule has 5 nitrogen and oxygen atoms in total. The van der Waals surface area contributed by atoms with Crippen LogP contribution in [-0.2, 0) is 5.75 Å². The lowest BCUT2D eigenvalue weighted by atomic mass is 10.2. The molecule has 0 N–H and O–H groups in total. The van der Waals surface area contributed by atoms with Crippen molar-refractivity contribution in [2.75, 3.05) is 44.7 Å². The average Bonchev–Trinajstić information content (AvgIpc) is 2.92. The second-order valence-electron chi connectivity index (χ2n) is 8.69. The Kier molecular flexibility index (Phi) is 8.21. The largest absolute Gasteiger partial charge is 0.496 e. The predicted molar refractivity (Wildman–Crippen MR) is 154 cm³/mol. The summed E-state index contributed by atoms with van der Waals surface area (Å²) in [5.41, 5.74) is 4.24. The van der Waals surface area contributed by atoms with Crippen LogP contribution in [0, 0.1) is 0 Å². The van der Waals surface area contributed by atoms with E-state index in [1.807, 2.05) is 42.5 Å². The van der Waals surface area contributed by atoms with Crippen LogP contribution in [-0.4, -0.2) is 54.7 Å². The van der Waals surface area contributed by atoms with Crippen molar-refractivity contribution in [2.24, 2.45) is 0 Å². The lowest BCUT2D eigenvalue weighted by Crippen LogP contribution is -2.46. The van der Waals surface area contributed by atoms with Gasteiger partial charge >= 0.3 is 0 Å². The average molecular weight is 562 g/mol. The molecule has 184 valence electrons. The van der Waals surface area contributed by atoms with E-state index in [2.05, 4.69) is 68.2 Å². The van der Waals surface area contributed by atoms with Gasteiger partial charge in [0.05, 0.1) is 18.1 Å². The van der Waals surface area contributed by atoms with Gasteiger partial charge < -0.3 is 9.64 Å². The monoisotopic (exact) mass is 560 g/mol. The number of aromatic nitrogens is 2. The third-order valence-corrected chi connectivity index (χ3v) is 7.77. The van der Waals surface area contributed by atoms with Crippen molar-refractivity contribution < 1.29 is 4.74 Å². The maximum absolute atomic E-state index is 5.59. The number of methoxy groups -OCH3 is 1. The predicted octanol–water partition coefficient (Wildman–Crippen LogP) is 6.53. The van der Waals surface area contributed by atoms with Crippen LogP contribution in [0.4, 0.5) is 5.82 Å². The molecule has 0 spiro atoms. The molecule has 0 bridgehead atoms. The van der Waals surface area contributed by atoms with Gasteiger partial charge in [0.25, 0.3) is 0 Å². The summed E-state index contributed by atoms with van der Waals surface area (Å²) in [5.74, 6) is 2.62. The second-order valence-corrected chi connectivity index (χ2v) is 10.6. The summed E-state index contributed by atoms with van der Waals surface area (Å²) in [6.07, 6.45) is 4.46. The van der Waals surface area contributed by atoms with Crippen molar-refractivity contribution >= 4 is 50.6 Å². The van der Waals surface area contributed by atoms with Crippen LogP contribution in [0.1, 0.15) is 11.1 Å². The van der Waals surface area contributed by atoms with Crippen LogP contribution < -0.4 is 9.64 Å². The van der Waals surface area contributed by atoms with Gasteiger partial charge in [-0.3, -0.25) is 4.90 Å². The van der Waals surface area contributed by atoms with Gasteiger partial charge in [0.15, 0.2) is 5.82 Å². The lowest BCUT2D eigenvalue weighted by molar-refractivity contribution is 0.283. The smallest absolute Gasteiger partial charge is 0.162 e. The first kappa shape index (κ1) is 24.8. The Balaban J connectivity index is 1.30. The molecule has 0 atom stereocenters.